The van der Waals surface area contributed by atoms with Crippen molar-refractivity contribution in [1.82, 2.24) is 33.9 Å². The number of anilines is 1. The van der Waals surface area contributed by atoms with E-state index in [2.05, 4.69) is 30.4 Å². The number of fused-ring (bicyclic) bond motifs is 1. The van der Waals surface area contributed by atoms with E-state index in [1.165, 1.54) is 27.4 Å². The minimum atomic E-state index is -4.68. The minimum Gasteiger partial charge on any atom is -0.390 e. The SMILES string of the molecule is CC(C)(O)Cc1ncc(-c2nc(NC3CCN(S(=O)(=O)c4cnc5cccnn45)CC3)ncc2C(F)(F)F)s1. The van der Waals surface area contributed by atoms with Crippen LogP contribution in [0, 0.1) is 0 Å². The van der Waals surface area contributed by atoms with Crippen LogP contribution in [0.2, 0.25) is 0 Å². The fourth-order valence-corrected chi connectivity index (χ4v) is 6.90. The van der Waals surface area contributed by atoms with Gasteiger partial charge in [-0.3, -0.25) is 0 Å². The molecule has 0 atom stereocenters. The maximum atomic E-state index is 13.7. The van der Waals surface area contributed by atoms with Crippen molar-refractivity contribution in [2.45, 2.75) is 56.0 Å². The van der Waals surface area contributed by atoms with E-state index in [9.17, 15) is 26.7 Å². The molecule has 0 unspecified atom stereocenters. The summed E-state index contributed by atoms with van der Waals surface area (Å²) in [4.78, 5) is 16.5. The predicted octanol–water partition coefficient (Wildman–Crippen LogP) is 3.24. The Balaban J connectivity index is 1.32. The monoisotopic (exact) mass is 582 g/mol. The van der Waals surface area contributed by atoms with Gasteiger partial charge in [-0.1, -0.05) is 0 Å². The lowest BCUT2D eigenvalue weighted by Gasteiger charge is -2.31. The third-order valence-corrected chi connectivity index (χ3v) is 8.96. The van der Waals surface area contributed by atoms with Crippen molar-refractivity contribution >= 4 is 33.0 Å². The van der Waals surface area contributed by atoms with Gasteiger partial charge in [-0.25, -0.2) is 32.9 Å². The molecule has 0 radical (unpaired) electrons. The maximum absolute atomic E-state index is 13.7. The van der Waals surface area contributed by atoms with Gasteiger partial charge in [0.05, 0.1) is 27.4 Å². The molecule has 208 valence electrons. The largest absolute Gasteiger partial charge is 0.420 e. The molecule has 0 bridgehead atoms. The topological polar surface area (TPSA) is 138 Å². The number of hydrogen-bond acceptors (Lipinski definition) is 10. The van der Waals surface area contributed by atoms with E-state index in [1.54, 1.807) is 26.0 Å². The molecule has 2 N–H and O–H groups in total. The number of halogens is 3. The van der Waals surface area contributed by atoms with Crippen molar-refractivity contribution in [3.8, 4) is 10.6 Å². The van der Waals surface area contributed by atoms with Crippen LogP contribution in [0.4, 0.5) is 19.1 Å². The Labute approximate surface area is 225 Å². The van der Waals surface area contributed by atoms with E-state index in [1.807, 2.05) is 0 Å². The average molecular weight is 583 g/mol. The predicted molar refractivity (Wildman–Crippen MR) is 137 cm³/mol. The number of imidazole rings is 1. The summed E-state index contributed by atoms with van der Waals surface area (Å²) in [5.41, 5.74) is -1.95. The molecule has 0 spiro atoms. The first kappa shape index (κ1) is 27.4. The number of thiazole rings is 1. The molecule has 4 aromatic heterocycles. The number of piperidine rings is 1. The second kappa shape index (κ2) is 10.1. The van der Waals surface area contributed by atoms with Gasteiger partial charge in [-0.15, -0.1) is 11.3 Å². The van der Waals surface area contributed by atoms with Gasteiger partial charge in [0.25, 0.3) is 10.0 Å². The quantitative estimate of drug-likeness (QED) is 0.336. The van der Waals surface area contributed by atoms with Gasteiger partial charge in [0, 0.05) is 44.1 Å². The zero-order chi connectivity index (χ0) is 28.0. The number of sulfonamides is 1. The summed E-state index contributed by atoms with van der Waals surface area (Å²) in [6, 6.07) is 3.06. The van der Waals surface area contributed by atoms with Crippen LogP contribution in [-0.4, -0.2) is 72.1 Å². The number of rotatable bonds is 7. The molecule has 0 aromatic carbocycles. The summed E-state index contributed by atoms with van der Waals surface area (Å²) in [5, 5.41) is 17.6. The van der Waals surface area contributed by atoms with E-state index in [4.69, 9.17) is 0 Å². The Kier molecular flexibility index (Phi) is 7.07. The van der Waals surface area contributed by atoms with Crippen LogP contribution in [0.5, 0.6) is 0 Å². The Hall–Kier alpha value is -3.21. The van der Waals surface area contributed by atoms with Crippen LogP contribution >= 0.6 is 11.3 Å². The van der Waals surface area contributed by atoms with Gasteiger partial charge in [-0.05, 0) is 38.8 Å². The summed E-state index contributed by atoms with van der Waals surface area (Å²) in [6.07, 6.45) is 1.07. The van der Waals surface area contributed by atoms with Gasteiger partial charge in [0.2, 0.25) is 5.95 Å². The molecular weight excluding hydrogens is 557 g/mol. The highest BCUT2D eigenvalue weighted by atomic mass is 32.2. The van der Waals surface area contributed by atoms with E-state index < -0.39 is 27.4 Å². The van der Waals surface area contributed by atoms with Gasteiger partial charge in [0.15, 0.2) is 10.7 Å². The summed E-state index contributed by atoms with van der Waals surface area (Å²) in [7, 11) is -3.85. The highest BCUT2D eigenvalue weighted by molar-refractivity contribution is 7.89. The van der Waals surface area contributed by atoms with E-state index in [0.29, 0.717) is 23.5 Å². The first-order chi connectivity index (χ1) is 18.3. The normalized spacial score (nSPS) is 16.2. The molecule has 1 aliphatic heterocycles. The molecule has 5 heterocycles. The Morgan fingerprint density at radius 1 is 1.13 bits per heavy atom. The lowest BCUT2D eigenvalue weighted by atomic mass is 10.1. The Morgan fingerprint density at radius 2 is 1.87 bits per heavy atom. The minimum absolute atomic E-state index is 0.00253. The first-order valence-corrected chi connectivity index (χ1v) is 14.2. The zero-order valence-corrected chi connectivity index (χ0v) is 22.6. The van der Waals surface area contributed by atoms with Gasteiger partial charge >= 0.3 is 6.18 Å². The van der Waals surface area contributed by atoms with Crippen molar-refractivity contribution in [3.63, 3.8) is 0 Å². The standard InChI is InChI=1S/C23H25F3N8O3S2/c1-22(2,35)10-18-28-12-16(38-18)20-15(23(24,25)26)11-29-21(32-20)31-14-5-8-33(9-6-14)39(36,37)19-13-27-17-4-3-7-30-34(17)19/h3-4,7,11-14,35H,5-6,8-10H2,1-2H3,(H,29,31,32). The molecule has 11 nitrogen and oxygen atoms in total. The Bertz CT molecular complexity index is 1590. The third-order valence-electron chi connectivity index (χ3n) is 6.10. The van der Waals surface area contributed by atoms with Gasteiger partial charge in [0.1, 0.15) is 5.56 Å². The summed E-state index contributed by atoms with van der Waals surface area (Å²) in [6.45, 7) is 3.55. The number of nitrogens with zero attached hydrogens (tertiary/aromatic N) is 7. The van der Waals surface area contributed by atoms with Crippen molar-refractivity contribution < 1.29 is 26.7 Å². The van der Waals surface area contributed by atoms with Crippen molar-refractivity contribution in [2.75, 3.05) is 18.4 Å². The van der Waals surface area contributed by atoms with E-state index >= 15 is 0 Å². The molecule has 4 aromatic rings. The molecule has 0 amide bonds. The van der Waals surface area contributed by atoms with Crippen LogP contribution in [-0.2, 0) is 22.6 Å². The van der Waals surface area contributed by atoms with E-state index in [0.717, 1.165) is 17.5 Å². The van der Waals surface area contributed by atoms with Crippen molar-refractivity contribution in [1.29, 1.82) is 0 Å². The number of alkyl halides is 3. The maximum Gasteiger partial charge on any atom is 0.420 e. The lowest BCUT2D eigenvalue weighted by Crippen LogP contribution is -2.42. The lowest BCUT2D eigenvalue weighted by molar-refractivity contribution is -0.137. The van der Waals surface area contributed by atoms with Crippen LogP contribution < -0.4 is 5.32 Å². The number of hydrogen-bond donors (Lipinski definition) is 2. The van der Waals surface area contributed by atoms with Crippen molar-refractivity contribution in [3.05, 3.63) is 47.5 Å². The van der Waals surface area contributed by atoms with E-state index in [-0.39, 0.29) is 47.1 Å². The fraction of sp³-hybridized carbons (Fsp3) is 0.435. The van der Waals surface area contributed by atoms with Gasteiger partial charge < -0.3 is 10.4 Å². The van der Waals surface area contributed by atoms with Crippen LogP contribution in [0.15, 0.2) is 41.9 Å². The molecule has 0 aliphatic carbocycles. The second-order valence-electron chi connectivity index (χ2n) is 9.77. The van der Waals surface area contributed by atoms with Gasteiger partial charge in [-0.2, -0.15) is 22.6 Å². The molecule has 1 saturated heterocycles. The summed E-state index contributed by atoms with van der Waals surface area (Å²) >= 11 is 1.03. The molecule has 0 saturated carbocycles. The fourth-order valence-electron chi connectivity index (χ4n) is 4.26. The Morgan fingerprint density at radius 3 is 2.56 bits per heavy atom. The molecule has 39 heavy (non-hydrogen) atoms. The molecule has 1 fully saturated rings. The summed E-state index contributed by atoms with van der Waals surface area (Å²) in [5.74, 6) is 0.00253. The highest BCUT2D eigenvalue weighted by Gasteiger charge is 2.37. The molecule has 1 aliphatic rings. The highest BCUT2D eigenvalue weighted by Crippen LogP contribution is 2.38. The van der Waals surface area contributed by atoms with Crippen LogP contribution in [0.3, 0.4) is 0 Å². The van der Waals surface area contributed by atoms with Crippen LogP contribution in [0.25, 0.3) is 16.2 Å². The third kappa shape index (κ3) is 5.88. The average Bonchev–Trinajstić information content (AvgIpc) is 3.50. The molecule has 16 heteroatoms. The van der Waals surface area contributed by atoms with Crippen LogP contribution in [0.1, 0.15) is 37.3 Å². The molecular formula is C23H25F3N8O3S2. The number of aliphatic hydroxyl groups is 1. The van der Waals surface area contributed by atoms with Crippen molar-refractivity contribution in [2.24, 2.45) is 0 Å². The second-order valence-corrected chi connectivity index (χ2v) is 12.8. The number of nitrogens with one attached hydrogen (secondary N) is 1. The number of aromatic nitrogens is 6. The zero-order valence-electron chi connectivity index (χ0n) is 20.9. The molecule has 5 rings (SSSR count). The summed E-state index contributed by atoms with van der Waals surface area (Å²) < 4.78 is 70.2. The first-order valence-electron chi connectivity index (χ1n) is 12.0. The smallest absolute Gasteiger partial charge is 0.390 e.